The maximum absolute atomic E-state index is 7.75. The third-order valence-corrected chi connectivity index (χ3v) is 0. The van der Waals surface area contributed by atoms with Crippen LogP contribution in [0.5, 0.6) is 0 Å². The summed E-state index contributed by atoms with van der Waals surface area (Å²) in [6.07, 6.45) is 0. The molecule has 0 aliphatic carbocycles. The molecule has 0 bridgehead atoms. The van der Waals surface area contributed by atoms with E-state index in [1.165, 1.54) is 0 Å². The van der Waals surface area contributed by atoms with Crippen LogP contribution in [-0.2, 0) is 93.5 Å². The average Bonchev–Trinajstić information content (AvgIpc) is 3.05. The Morgan fingerprint density at radius 1 is 0.121 bits per heavy atom. The van der Waals surface area contributed by atoms with Gasteiger partial charge in [0.15, 0.2) is 0 Å². The van der Waals surface area contributed by atoms with Crippen LogP contribution in [0.3, 0.4) is 0 Å². The monoisotopic (exact) mass is 523 g/mol. The molecule has 0 unspecified atom stereocenters. The zero-order valence-electron chi connectivity index (χ0n) is 16.1. The summed E-state index contributed by atoms with van der Waals surface area (Å²) >= 11 is 0. The zero-order valence-corrected chi connectivity index (χ0v) is 17.1. The molecule has 0 atom stereocenters. The van der Waals surface area contributed by atoms with Crippen LogP contribution >= 0.6 is 0 Å². The van der Waals surface area contributed by atoms with Crippen molar-refractivity contribution in [2.45, 2.75) is 0 Å². The minimum absolute atomic E-state index is 0. The summed E-state index contributed by atoms with van der Waals surface area (Å²) in [5.41, 5.74) is 0. The molecule has 0 aromatic rings. The van der Waals surface area contributed by atoms with Crippen molar-refractivity contribution in [2.75, 3.05) is 0 Å². The van der Waals surface area contributed by atoms with E-state index in [0.717, 1.165) is 0 Å². The molecule has 0 aliphatic rings. The van der Waals surface area contributed by atoms with Gasteiger partial charge in [0.2, 0.25) is 0 Å². The first kappa shape index (κ1) is 166. The van der Waals surface area contributed by atoms with Crippen LogP contribution in [0.1, 0.15) is 0 Å². The first-order chi connectivity index (χ1) is 16.0. The topological polar surface area (TPSA) is 273 Å². The van der Waals surface area contributed by atoms with E-state index in [0.29, 0.717) is 0 Å². The van der Waals surface area contributed by atoms with Gasteiger partial charge in [0.25, 0.3) is 0 Å². The fourth-order valence-corrected chi connectivity index (χ4v) is 0. The quantitative estimate of drug-likeness (QED) is 0.214. The molecule has 0 fully saturated rings. The van der Waals surface area contributed by atoms with Gasteiger partial charge in [0, 0.05) is 16.8 Å². The van der Waals surface area contributed by atoms with Crippen LogP contribution in [0, 0.1) is 0 Å². The number of hydrogen-bond donors (Lipinski definition) is 0. The minimum atomic E-state index is 0. The maximum Gasteiger partial charge on any atom is 0 e. The molecular weight excluding hydrogens is 507 g/mol. The molecule has 0 saturated carbocycles. The van der Waals surface area contributed by atoms with E-state index >= 15 is 0 Å². The van der Waals surface area contributed by atoms with Crippen LogP contribution in [0.25, 0.3) is 0 Å². The van der Waals surface area contributed by atoms with Crippen molar-refractivity contribution in [2.24, 2.45) is 0 Å². The van der Waals surface area contributed by atoms with Crippen molar-refractivity contribution in [3.63, 3.8) is 0 Å². The molecule has 0 aromatic carbocycles. The Balaban J connectivity index is -0.00000000551. The Morgan fingerprint density at radius 2 is 0.121 bits per heavy atom. The van der Waals surface area contributed by atoms with E-state index in [9.17, 15) is 0 Å². The van der Waals surface area contributed by atoms with Gasteiger partial charge in [-0.05, 0) is 0 Å². The van der Waals surface area contributed by atoms with E-state index < -0.39 is 0 Å². The van der Waals surface area contributed by atoms with Gasteiger partial charge in [-0.3, -0.25) is 109 Å². The van der Waals surface area contributed by atoms with Crippen molar-refractivity contribution >= 4 is 109 Å². The molecule has 0 heterocycles. The van der Waals surface area contributed by atoms with E-state index in [1.807, 2.05) is 0 Å². The van der Waals surface area contributed by atoms with Gasteiger partial charge in [-0.2, -0.15) is 0 Å². The molecule has 0 amide bonds. The zero-order chi connectivity index (χ0) is 32.0. The van der Waals surface area contributed by atoms with Gasteiger partial charge in [-0.1, -0.05) is 0 Å². The maximum atomic E-state index is 7.75. The van der Waals surface area contributed by atoms with Crippen molar-refractivity contribution in [1.29, 1.82) is 0 Å². The van der Waals surface area contributed by atoms with Gasteiger partial charge in [0.05, 0.1) is 0 Å². The third-order valence-electron chi connectivity index (χ3n) is 0. The van der Waals surface area contributed by atoms with Crippen LogP contribution in [-0.4, -0.2) is 109 Å². The first-order valence-corrected chi connectivity index (χ1v) is 3.77. The predicted octanol–water partition coefficient (Wildman–Crippen LogP) is -4.39. The summed E-state index contributed by atoms with van der Waals surface area (Å²) in [5.74, 6) is 0. The Labute approximate surface area is 202 Å². The molecule has 0 aliphatic heterocycles. The van der Waals surface area contributed by atoms with Gasteiger partial charge in [-0.25, -0.2) is 0 Å². The van der Waals surface area contributed by atoms with Crippen LogP contribution in [0.2, 0.25) is 0 Å². The van der Waals surface area contributed by atoms with Crippen molar-refractivity contribution in [3.8, 4) is 0 Å². The molecule has 33 heavy (non-hydrogen) atoms. The molecule has 0 saturated heterocycles. The summed E-state index contributed by atoms with van der Waals surface area (Å²) in [5, 5.41) is 0. The molecule has 16 nitrogen and oxygen atoms in total. The standard InChI is InChI=1S/16CHO.Co/c16*1-2;/h16*1H;/q16*-1;. The molecule has 1 radical (unpaired) electrons. The second-order valence-corrected chi connectivity index (χ2v) is 0. The summed E-state index contributed by atoms with van der Waals surface area (Å²) in [6.45, 7) is 52.0. The molecule has 0 N–H and O–H groups in total. The smallest absolute Gasteiger partial charge is 0 e. The molecule has 0 spiro atoms. The van der Waals surface area contributed by atoms with Crippen LogP contribution < -0.4 is 0 Å². The number of carbonyl (C=O) groups excluding carboxylic acids is 16. The summed E-state index contributed by atoms with van der Waals surface area (Å²) in [6, 6.07) is 0. The summed E-state index contributed by atoms with van der Waals surface area (Å²) in [4.78, 5) is 124. The Morgan fingerprint density at radius 3 is 0.121 bits per heavy atom. The Hall–Kier alpha value is -4.77. The van der Waals surface area contributed by atoms with Crippen LogP contribution in [0.4, 0.5) is 0 Å². The van der Waals surface area contributed by atoms with Gasteiger partial charge < -0.3 is 76.7 Å². The summed E-state index contributed by atoms with van der Waals surface area (Å²) in [7, 11) is 0. The fourth-order valence-electron chi connectivity index (χ4n) is 0. The van der Waals surface area contributed by atoms with E-state index in [4.69, 9.17) is 76.7 Å². The van der Waals surface area contributed by atoms with E-state index in [-0.39, 0.29) is 16.8 Å². The van der Waals surface area contributed by atoms with E-state index in [1.54, 1.807) is 0 Å². The van der Waals surface area contributed by atoms with Crippen molar-refractivity contribution in [3.05, 3.63) is 0 Å². The van der Waals surface area contributed by atoms with Crippen molar-refractivity contribution < 1.29 is 93.5 Å². The SMILES string of the molecule is [CH-]=O.[CH-]=O.[CH-]=O.[CH-]=O.[CH-]=O.[CH-]=O.[CH-]=O.[CH-]=O.[CH-]=O.[CH-]=O.[CH-]=O.[CH-]=O.[CH-]=O.[CH-]=O.[CH-]=O.[CH-]=O.[Co]. The second kappa shape index (κ2) is 822. The number of hydrogen-bond acceptors (Lipinski definition) is 16. The largest absolute Gasteiger partial charge is 0.545 e. The second-order valence-electron chi connectivity index (χ2n) is 0. The normalized spacial score (nSPS) is 1.94. The Bertz CT molecular complexity index is 102. The van der Waals surface area contributed by atoms with E-state index in [2.05, 4.69) is 109 Å². The van der Waals surface area contributed by atoms with Crippen LogP contribution in [0.15, 0.2) is 0 Å². The minimum Gasteiger partial charge on any atom is -0.545 e. The fraction of sp³-hybridized carbons (Fsp3) is 0. The molecule has 17 heteroatoms. The predicted molar refractivity (Wildman–Crippen MR) is 108 cm³/mol. The third kappa shape index (κ3) is 760. The summed E-state index contributed by atoms with van der Waals surface area (Å²) < 4.78 is 0. The number of rotatable bonds is 0. The Kier molecular flexibility index (Phi) is 4130. The first-order valence-electron chi connectivity index (χ1n) is 3.77. The van der Waals surface area contributed by atoms with Gasteiger partial charge >= 0.3 is 0 Å². The van der Waals surface area contributed by atoms with Gasteiger partial charge in [-0.15, -0.1) is 0 Å². The average molecular weight is 523 g/mol. The molecule has 201 valence electrons. The molecular formula is C16H16CoO16-16. The molecule has 0 aromatic heterocycles. The molecule has 0 rings (SSSR count). The van der Waals surface area contributed by atoms with Gasteiger partial charge in [0.1, 0.15) is 0 Å². The van der Waals surface area contributed by atoms with Crippen molar-refractivity contribution in [1.82, 2.24) is 0 Å².